The Morgan fingerprint density at radius 1 is 1.17 bits per heavy atom. The number of piperidine rings is 1. The van der Waals surface area contributed by atoms with Crippen molar-refractivity contribution in [3.05, 3.63) is 65.5 Å². The Kier molecular flexibility index (Phi) is 4.41. The van der Waals surface area contributed by atoms with Crippen LogP contribution in [0.15, 0.2) is 48.5 Å². The summed E-state index contributed by atoms with van der Waals surface area (Å²) in [5.41, 5.74) is 10.1. The second-order valence-corrected chi connectivity index (χ2v) is 8.30. The summed E-state index contributed by atoms with van der Waals surface area (Å²) in [4.78, 5) is 22.5. The number of fused-ring (bicyclic) bond motifs is 3. The molecule has 1 amide bonds. The van der Waals surface area contributed by atoms with Crippen LogP contribution in [-0.2, 0) is 16.6 Å². The van der Waals surface area contributed by atoms with Gasteiger partial charge in [0.25, 0.3) is 0 Å². The zero-order chi connectivity index (χ0) is 20.0. The van der Waals surface area contributed by atoms with Crippen molar-refractivity contribution >= 4 is 16.9 Å². The predicted molar refractivity (Wildman–Crippen MR) is 111 cm³/mol. The summed E-state index contributed by atoms with van der Waals surface area (Å²) >= 11 is 0. The van der Waals surface area contributed by atoms with Crippen molar-refractivity contribution < 1.29 is 9.90 Å². The lowest BCUT2D eigenvalue weighted by atomic mass is 9.72. The van der Waals surface area contributed by atoms with Gasteiger partial charge >= 0.3 is 0 Å². The standard InChI is InChI=1S/C23H26N4O2/c24-21-15-5-1-2-6-16(15)23(22(21)29)11-13-27(14-12-23)20(28)10-9-19-25-17-7-3-4-8-18(17)26-19/h1-8,21-22,29H,9-14,24H2,(H,25,26)/t21-,22+/m0/s1. The highest BCUT2D eigenvalue weighted by atomic mass is 16.3. The van der Waals surface area contributed by atoms with Gasteiger partial charge in [0.15, 0.2) is 0 Å². The van der Waals surface area contributed by atoms with Gasteiger partial charge in [-0.3, -0.25) is 4.79 Å². The molecule has 1 aromatic heterocycles. The van der Waals surface area contributed by atoms with E-state index in [0.29, 0.717) is 25.9 Å². The molecular formula is C23H26N4O2. The van der Waals surface area contributed by atoms with Crippen molar-refractivity contribution in [3.63, 3.8) is 0 Å². The normalized spacial score (nSPS) is 22.9. The minimum Gasteiger partial charge on any atom is -0.390 e. The molecule has 1 spiro atoms. The molecule has 1 aliphatic carbocycles. The Morgan fingerprint density at radius 3 is 2.69 bits per heavy atom. The molecule has 0 saturated carbocycles. The Labute approximate surface area is 169 Å². The smallest absolute Gasteiger partial charge is 0.223 e. The number of hydrogen-bond acceptors (Lipinski definition) is 4. The number of para-hydroxylation sites is 2. The second kappa shape index (κ2) is 6.97. The number of benzene rings is 2. The van der Waals surface area contributed by atoms with Crippen molar-refractivity contribution in [2.24, 2.45) is 5.73 Å². The lowest BCUT2D eigenvalue weighted by molar-refractivity contribution is -0.133. The summed E-state index contributed by atoms with van der Waals surface area (Å²) in [7, 11) is 0. The van der Waals surface area contributed by atoms with Gasteiger partial charge in [-0.1, -0.05) is 36.4 Å². The zero-order valence-electron chi connectivity index (χ0n) is 16.3. The van der Waals surface area contributed by atoms with Crippen LogP contribution < -0.4 is 5.73 Å². The first kappa shape index (κ1) is 18.3. The van der Waals surface area contributed by atoms with Crippen LogP contribution in [0.25, 0.3) is 11.0 Å². The van der Waals surface area contributed by atoms with E-state index in [2.05, 4.69) is 16.0 Å². The summed E-state index contributed by atoms with van der Waals surface area (Å²) in [6.45, 7) is 1.30. The van der Waals surface area contributed by atoms with E-state index in [1.54, 1.807) is 0 Å². The van der Waals surface area contributed by atoms with Crippen LogP contribution in [0.2, 0.25) is 0 Å². The van der Waals surface area contributed by atoms with Gasteiger partial charge in [0.1, 0.15) is 5.82 Å². The number of rotatable bonds is 3. The largest absolute Gasteiger partial charge is 0.390 e. The highest BCUT2D eigenvalue weighted by molar-refractivity contribution is 5.77. The molecule has 0 unspecified atom stereocenters. The van der Waals surface area contributed by atoms with E-state index in [4.69, 9.17) is 5.73 Å². The average molecular weight is 390 g/mol. The summed E-state index contributed by atoms with van der Waals surface area (Å²) < 4.78 is 0. The van der Waals surface area contributed by atoms with Gasteiger partial charge in [-0.05, 0) is 36.1 Å². The number of hydrogen-bond donors (Lipinski definition) is 3. The number of aromatic amines is 1. The number of H-pyrrole nitrogens is 1. The molecule has 2 heterocycles. The number of aromatic nitrogens is 2. The Hall–Kier alpha value is -2.70. The number of nitrogens with zero attached hydrogens (tertiary/aromatic N) is 2. The van der Waals surface area contributed by atoms with Gasteiger partial charge in [-0.25, -0.2) is 4.98 Å². The fourth-order valence-electron chi connectivity index (χ4n) is 5.14. The third-order valence-corrected chi connectivity index (χ3v) is 6.79. The topological polar surface area (TPSA) is 95.2 Å². The first-order valence-corrected chi connectivity index (χ1v) is 10.3. The highest BCUT2D eigenvalue weighted by Crippen LogP contribution is 2.50. The number of aryl methyl sites for hydroxylation is 1. The quantitative estimate of drug-likeness (QED) is 0.640. The Bertz CT molecular complexity index is 1020. The molecule has 29 heavy (non-hydrogen) atoms. The number of amides is 1. The lowest BCUT2D eigenvalue weighted by Crippen LogP contribution is -2.50. The van der Waals surface area contributed by atoms with Crippen LogP contribution >= 0.6 is 0 Å². The predicted octanol–water partition coefficient (Wildman–Crippen LogP) is 2.43. The van der Waals surface area contributed by atoms with E-state index in [-0.39, 0.29) is 17.4 Å². The number of nitrogens with two attached hydrogens (primary N) is 1. The molecule has 0 radical (unpaired) electrons. The van der Waals surface area contributed by atoms with Gasteiger partial charge in [0, 0.05) is 31.3 Å². The van der Waals surface area contributed by atoms with Gasteiger partial charge < -0.3 is 20.7 Å². The number of imidazole rings is 1. The van der Waals surface area contributed by atoms with E-state index in [0.717, 1.165) is 40.8 Å². The number of carbonyl (C=O) groups is 1. The minimum absolute atomic E-state index is 0.144. The molecule has 4 N–H and O–H groups in total. The van der Waals surface area contributed by atoms with E-state index in [1.807, 2.05) is 47.4 Å². The molecule has 1 fully saturated rings. The number of aliphatic hydroxyl groups excluding tert-OH is 1. The highest BCUT2D eigenvalue weighted by Gasteiger charge is 2.51. The summed E-state index contributed by atoms with van der Waals surface area (Å²) in [6.07, 6.45) is 1.94. The molecule has 1 saturated heterocycles. The molecular weight excluding hydrogens is 364 g/mol. The first-order chi connectivity index (χ1) is 14.1. The third kappa shape index (κ3) is 2.94. The van der Waals surface area contributed by atoms with Crippen LogP contribution in [0.5, 0.6) is 0 Å². The van der Waals surface area contributed by atoms with Crippen molar-refractivity contribution in [1.82, 2.24) is 14.9 Å². The fraction of sp³-hybridized carbons (Fsp3) is 0.391. The van der Waals surface area contributed by atoms with Crippen LogP contribution in [-0.4, -0.2) is 45.1 Å². The molecule has 2 aliphatic rings. The summed E-state index contributed by atoms with van der Waals surface area (Å²) in [5, 5.41) is 10.9. The molecule has 6 heteroatoms. The fourth-order valence-corrected chi connectivity index (χ4v) is 5.14. The zero-order valence-corrected chi connectivity index (χ0v) is 16.3. The molecule has 6 nitrogen and oxygen atoms in total. The van der Waals surface area contributed by atoms with Crippen molar-refractivity contribution in [1.29, 1.82) is 0 Å². The van der Waals surface area contributed by atoms with Crippen LogP contribution in [0.4, 0.5) is 0 Å². The number of likely N-dealkylation sites (tertiary alicyclic amines) is 1. The maximum absolute atomic E-state index is 12.8. The molecule has 0 bridgehead atoms. The van der Waals surface area contributed by atoms with Crippen molar-refractivity contribution in [2.75, 3.05) is 13.1 Å². The van der Waals surface area contributed by atoms with Crippen molar-refractivity contribution in [2.45, 2.75) is 43.2 Å². The maximum atomic E-state index is 12.8. The first-order valence-electron chi connectivity index (χ1n) is 10.3. The maximum Gasteiger partial charge on any atom is 0.223 e. The molecule has 2 aromatic carbocycles. The van der Waals surface area contributed by atoms with Crippen LogP contribution in [0, 0.1) is 0 Å². The number of aliphatic hydroxyl groups is 1. The lowest BCUT2D eigenvalue weighted by Gasteiger charge is -2.42. The molecule has 3 aromatic rings. The van der Waals surface area contributed by atoms with Gasteiger partial charge in [0.05, 0.1) is 23.2 Å². The Morgan fingerprint density at radius 2 is 1.90 bits per heavy atom. The third-order valence-electron chi connectivity index (χ3n) is 6.79. The monoisotopic (exact) mass is 390 g/mol. The Balaban J connectivity index is 1.24. The number of nitrogens with one attached hydrogen (secondary N) is 1. The van der Waals surface area contributed by atoms with Gasteiger partial charge in [-0.15, -0.1) is 0 Å². The van der Waals surface area contributed by atoms with E-state index < -0.39 is 6.10 Å². The minimum atomic E-state index is -0.590. The molecule has 1 aliphatic heterocycles. The average Bonchev–Trinajstić information content (AvgIpc) is 3.27. The molecule has 5 rings (SSSR count). The second-order valence-electron chi connectivity index (χ2n) is 8.30. The van der Waals surface area contributed by atoms with E-state index in [1.165, 1.54) is 0 Å². The van der Waals surface area contributed by atoms with Gasteiger partial charge in [0.2, 0.25) is 5.91 Å². The van der Waals surface area contributed by atoms with Crippen molar-refractivity contribution in [3.8, 4) is 0 Å². The summed E-state index contributed by atoms with van der Waals surface area (Å²) in [6, 6.07) is 15.6. The SMILES string of the molecule is N[C@H]1c2ccccc2C2(CCN(C(=O)CCc3nc4ccccc4[nH]3)CC2)[C@@H]1O. The van der Waals surface area contributed by atoms with E-state index in [9.17, 15) is 9.90 Å². The molecule has 2 atom stereocenters. The van der Waals surface area contributed by atoms with Crippen LogP contribution in [0.3, 0.4) is 0 Å². The van der Waals surface area contributed by atoms with Gasteiger partial charge in [-0.2, -0.15) is 0 Å². The van der Waals surface area contributed by atoms with Crippen LogP contribution in [0.1, 0.15) is 42.3 Å². The molecule has 150 valence electrons. The number of carbonyl (C=O) groups excluding carboxylic acids is 1. The van der Waals surface area contributed by atoms with E-state index >= 15 is 0 Å². The summed E-state index contributed by atoms with van der Waals surface area (Å²) in [5.74, 6) is 0.990.